The van der Waals surface area contributed by atoms with Gasteiger partial charge in [0.05, 0.1) is 0 Å². The molecule has 0 aromatic heterocycles. The molecule has 0 unspecified atom stereocenters. The monoisotopic (exact) mass is 143 g/mol. The topological polar surface area (TPSA) is 0 Å². The van der Waals surface area contributed by atoms with E-state index < -0.39 is 0 Å². The van der Waals surface area contributed by atoms with Crippen LogP contribution in [-0.2, 0) is 0 Å². The fourth-order valence-electron chi connectivity index (χ4n) is 0.731. The lowest BCUT2D eigenvalue weighted by Crippen LogP contribution is -1.56. The van der Waals surface area contributed by atoms with Crippen molar-refractivity contribution in [3.8, 4) is 0 Å². The Labute approximate surface area is 67.9 Å². The van der Waals surface area contributed by atoms with E-state index in [4.69, 9.17) is 0 Å². The van der Waals surface area contributed by atoms with Gasteiger partial charge in [0, 0.05) is 0 Å². The van der Waals surface area contributed by atoms with Gasteiger partial charge in [-0.1, -0.05) is 54.7 Å². The molecule has 0 fully saturated rings. The molecular formula is C11H11. The predicted molar refractivity (Wildman–Crippen MR) is 49.0 cm³/mol. The summed E-state index contributed by atoms with van der Waals surface area (Å²) in [6.45, 7) is 0. The molecule has 0 amide bonds. The summed E-state index contributed by atoms with van der Waals surface area (Å²) in [6.07, 6.45) is 22.0. The quantitative estimate of drug-likeness (QED) is 0.489. The minimum atomic E-state index is 0.977. The summed E-state index contributed by atoms with van der Waals surface area (Å²) in [7, 11) is 0. The molecule has 0 aromatic carbocycles. The maximum atomic E-state index is 3.02. The zero-order chi connectivity index (χ0) is 7.78. The lowest BCUT2D eigenvalue weighted by atomic mass is 10.3. The van der Waals surface area contributed by atoms with Crippen molar-refractivity contribution in [3.63, 3.8) is 0 Å². The van der Waals surface area contributed by atoms with Crippen LogP contribution in [0.3, 0.4) is 0 Å². The molecule has 1 aliphatic carbocycles. The third-order valence-corrected chi connectivity index (χ3v) is 1.26. The van der Waals surface area contributed by atoms with Gasteiger partial charge in [-0.2, -0.15) is 0 Å². The van der Waals surface area contributed by atoms with Crippen LogP contribution in [0.25, 0.3) is 0 Å². The minimum absolute atomic E-state index is 0.977. The maximum Gasteiger partial charge on any atom is -0.0163 e. The Kier molecular flexibility index (Phi) is 3.89. The summed E-state index contributed by atoms with van der Waals surface area (Å²) >= 11 is 0. The molecule has 0 heterocycles. The second-order valence-corrected chi connectivity index (χ2v) is 2.17. The van der Waals surface area contributed by atoms with Crippen LogP contribution in [0.5, 0.6) is 0 Å². The standard InChI is InChI=1S/C11H11/c1-2-4-6-8-10-11-9-7-5-3-1/h1-7,10-11H,8H2/b2-1-,5-3-,6-4-,9-7?,11-10-. The predicted octanol–water partition coefficient (Wildman–Crippen LogP) is 2.97. The molecule has 0 N–H and O–H groups in total. The first-order valence-corrected chi connectivity index (χ1v) is 3.73. The molecule has 0 spiro atoms. The summed E-state index contributed by atoms with van der Waals surface area (Å²) in [6, 6.07) is 0. The molecule has 0 atom stereocenters. The number of allylic oxidation sites excluding steroid dienone is 10. The highest BCUT2D eigenvalue weighted by Gasteiger charge is 1.70. The molecule has 0 heteroatoms. The molecule has 55 valence electrons. The summed E-state index contributed by atoms with van der Waals surface area (Å²) in [5.74, 6) is 0. The molecule has 0 saturated heterocycles. The third-order valence-electron chi connectivity index (χ3n) is 1.26. The highest BCUT2D eigenvalue weighted by molar-refractivity contribution is 5.17. The number of hydrogen-bond donors (Lipinski definition) is 0. The first-order valence-electron chi connectivity index (χ1n) is 3.73. The van der Waals surface area contributed by atoms with E-state index in [-0.39, 0.29) is 0 Å². The van der Waals surface area contributed by atoms with E-state index in [1.165, 1.54) is 0 Å². The normalized spacial score (nSPS) is 31.3. The van der Waals surface area contributed by atoms with Crippen LogP contribution in [0.4, 0.5) is 0 Å². The van der Waals surface area contributed by atoms with Crippen LogP contribution in [-0.4, -0.2) is 0 Å². The molecule has 0 aliphatic heterocycles. The van der Waals surface area contributed by atoms with Crippen molar-refractivity contribution in [2.24, 2.45) is 0 Å². The van der Waals surface area contributed by atoms with E-state index in [2.05, 4.69) is 18.2 Å². The lowest BCUT2D eigenvalue weighted by molar-refractivity contribution is 1.39. The van der Waals surface area contributed by atoms with Gasteiger partial charge < -0.3 is 0 Å². The van der Waals surface area contributed by atoms with Crippen LogP contribution in [0.15, 0.2) is 54.7 Å². The second kappa shape index (κ2) is 5.48. The van der Waals surface area contributed by atoms with E-state index in [1.807, 2.05) is 42.5 Å². The van der Waals surface area contributed by atoms with Gasteiger partial charge in [-0.25, -0.2) is 0 Å². The lowest BCUT2D eigenvalue weighted by Gasteiger charge is -1.76. The summed E-state index contributed by atoms with van der Waals surface area (Å²) < 4.78 is 0. The third kappa shape index (κ3) is 4.15. The molecule has 11 heavy (non-hydrogen) atoms. The van der Waals surface area contributed by atoms with Crippen LogP contribution in [0, 0.1) is 6.08 Å². The Bertz CT molecular complexity index is 200. The molecule has 1 rings (SSSR count). The zero-order valence-corrected chi connectivity index (χ0v) is 6.40. The summed E-state index contributed by atoms with van der Waals surface area (Å²) in [4.78, 5) is 0. The fraction of sp³-hybridized carbons (Fsp3) is 0.0909. The van der Waals surface area contributed by atoms with E-state index in [9.17, 15) is 0 Å². The average Bonchev–Trinajstić information content (AvgIpc) is 2.08. The Hall–Kier alpha value is -1.30. The van der Waals surface area contributed by atoms with Crippen LogP contribution in [0.2, 0.25) is 0 Å². The van der Waals surface area contributed by atoms with E-state index in [0.29, 0.717) is 0 Å². The van der Waals surface area contributed by atoms with Gasteiger partial charge in [0.1, 0.15) is 0 Å². The Morgan fingerprint density at radius 3 is 2.64 bits per heavy atom. The first kappa shape index (κ1) is 7.80. The van der Waals surface area contributed by atoms with Crippen LogP contribution in [0.1, 0.15) is 6.42 Å². The molecule has 1 aliphatic rings. The van der Waals surface area contributed by atoms with Gasteiger partial charge in [0.15, 0.2) is 0 Å². The van der Waals surface area contributed by atoms with Gasteiger partial charge in [0.25, 0.3) is 0 Å². The second-order valence-electron chi connectivity index (χ2n) is 2.17. The first-order chi connectivity index (χ1) is 5.50. The van der Waals surface area contributed by atoms with Crippen molar-refractivity contribution in [1.82, 2.24) is 0 Å². The summed E-state index contributed by atoms with van der Waals surface area (Å²) in [5, 5.41) is 0. The average molecular weight is 143 g/mol. The Balaban J connectivity index is 2.61. The fourth-order valence-corrected chi connectivity index (χ4v) is 0.731. The van der Waals surface area contributed by atoms with Gasteiger partial charge in [-0.3, -0.25) is 0 Å². The summed E-state index contributed by atoms with van der Waals surface area (Å²) in [5.41, 5.74) is 0. The molecule has 0 saturated carbocycles. The zero-order valence-electron chi connectivity index (χ0n) is 6.40. The van der Waals surface area contributed by atoms with E-state index in [0.717, 1.165) is 6.42 Å². The largest absolute Gasteiger partial charge is 0.0807 e. The van der Waals surface area contributed by atoms with Crippen molar-refractivity contribution in [2.75, 3.05) is 0 Å². The van der Waals surface area contributed by atoms with Gasteiger partial charge >= 0.3 is 0 Å². The van der Waals surface area contributed by atoms with E-state index in [1.54, 1.807) is 0 Å². The smallest absolute Gasteiger partial charge is 0.0163 e. The van der Waals surface area contributed by atoms with Crippen molar-refractivity contribution in [2.45, 2.75) is 6.42 Å². The Morgan fingerprint density at radius 2 is 1.64 bits per heavy atom. The number of rotatable bonds is 0. The molecule has 1 radical (unpaired) electrons. The van der Waals surface area contributed by atoms with Gasteiger partial charge in [0.2, 0.25) is 0 Å². The number of hydrogen-bond acceptors (Lipinski definition) is 0. The Morgan fingerprint density at radius 1 is 0.818 bits per heavy atom. The van der Waals surface area contributed by atoms with Crippen molar-refractivity contribution >= 4 is 0 Å². The van der Waals surface area contributed by atoms with E-state index >= 15 is 0 Å². The molecular weight excluding hydrogens is 132 g/mol. The van der Waals surface area contributed by atoms with Crippen LogP contribution < -0.4 is 0 Å². The minimum Gasteiger partial charge on any atom is -0.0807 e. The highest BCUT2D eigenvalue weighted by Crippen LogP contribution is 1.90. The highest BCUT2D eigenvalue weighted by atomic mass is 13.8. The molecule has 0 aromatic rings. The maximum absolute atomic E-state index is 3.02. The van der Waals surface area contributed by atoms with Crippen molar-refractivity contribution in [3.05, 3.63) is 60.8 Å². The van der Waals surface area contributed by atoms with Gasteiger partial charge in [-0.15, -0.1) is 0 Å². The SMILES string of the molecule is [C]1=C\C=C/C=C\C=C/C\C=C/1. The molecule has 0 bridgehead atoms. The van der Waals surface area contributed by atoms with Crippen molar-refractivity contribution < 1.29 is 0 Å². The van der Waals surface area contributed by atoms with Crippen LogP contribution >= 0.6 is 0 Å². The van der Waals surface area contributed by atoms with Crippen molar-refractivity contribution in [1.29, 1.82) is 0 Å². The molecule has 0 nitrogen and oxygen atoms in total. The van der Waals surface area contributed by atoms with Gasteiger partial charge in [-0.05, 0) is 12.5 Å².